The molecule has 2 N–H and O–H groups in total. The Morgan fingerprint density at radius 1 is 1.12 bits per heavy atom. The molecule has 1 unspecified atom stereocenters. The third kappa shape index (κ3) is 4.51. The molecule has 1 aromatic heterocycles. The minimum absolute atomic E-state index is 0.0723. The summed E-state index contributed by atoms with van der Waals surface area (Å²) in [4.78, 5) is 12.1. The highest BCUT2D eigenvalue weighted by Gasteiger charge is 2.15. The molecule has 128 valence electrons. The van der Waals surface area contributed by atoms with Gasteiger partial charge in [0.25, 0.3) is 0 Å². The Labute approximate surface area is 144 Å². The molecule has 5 nitrogen and oxygen atoms in total. The molecule has 0 bridgehead atoms. The van der Waals surface area contributed by atoms with Crippen molar-refractivity contribution in [1.82, 2.24) is 10.5 Å². The van der Waals surface area contributed by atoms with E-state index in [1.165, 1.54) is 12.1 Å². The number of carbonyl (C=O) groups is 1. The Bertz CT molecular complexity index is 831. The number of anilines is 1. The Morgan fingerprint density at radius 2 is 1.80 bits per heavy atom. The number of nitrogens with one attached hydrogen (secondary N) is 2. The second-order valence-electron chi connectivity index (χ2n) is 5.65. The SMILES string of the molecule is Cc1cc(NC(=O)CNC(c2ccccc2)c2ccc(F)cc2)no1. The standard InChI is InChI=1S/C19H18FN3O2/c1-13-11-17(23-25-13)22-18(24)12-21-19(14-5-3-2-4-6-14)15-7-9-16(20)10-8-15/h2-11,19,21H,12H2,1H3,(H,22,23,24). The third-order valence-corrected chi connectivity index (χ3v) is 3.70. The first kappa shape index (κ1) is 16.9. The molecule has 0 saturated heterocycles. The monoisotopic (exact) mass is 339 g/mol. The summed E-state index contributed by atoms with van der Waals surface area (Å²) in [5.74, 6) is 0.463. The van der Waals surface area contributed by atoms with Gasteiger partial charge in [0, 0.05) is 6.07 Å². The van der Waals surface area contributed by atoms with Gasteiger partial charge in [-0.05, 0) is 30.2 Å². The summed E-state index contributed by atoms with van der Waals surface area (Å²) in [5.41, 5.74) is 1.86. The molecule has 1 atom stereocenters. The summed E-state index contributed by atoms with van der Waals surface area (Å²) in [6.45, 7) is 1.82. The summed E-state index contributed by atoms with van der Waals surface area (Å²) in [7, 11) is 0. The number of benzene rings is 2. The van der Waals surface area contributed by atoms with Crippen molar-refractivity contribution in [3.63, 3.8) is 0 Å². The second-order valence-corrected chi connectivity index (χ2v) is 5.65. The van der Waals surface area contributed by atoms with E-state index in [0.717, 1.165) is 11.1 Å². The quantitative estimate of drug-likeness (QED) is 0.722. The lowest BCUT2D eigenvalue weighted by Crippen LogP contribution is -2.32. The maximum absolute atomic E-state index is 13.2. The van der Waals surface area contributed by atoms with Crippen LogP contribution in [0.15, 0.2) is 65.2 Å². The highest BCUT2D eigenvalue weighted by molar-refractivity contribution is 5.91. The minimum atomic E-state index is -0.297. The Balaban J connectivity index is 1.71. The van der Waals surface area contributed by atoms with Crippen molar-refractivity contribution in [2.24, 2.45) is 0 Å². The van der Waals surface area contributed by atoms with E-state index in [1.54, 1.807) is 25.1 Å². The van der Waals surface area contributed by atoms with Crippen LogP contribution < -0.4 is 10.6 Å². The number of hydrogen-bond donors (Lipinski definition) is 2. The summed E-state index contributed by atoms with van der Waals surface area (Å²) in [6, 6.07) is 17.3. The van der Waals surface area contributed by atoms with E-state index in [2.05, 4.69) is 15.8 Å². The average Bonchev–Trinajstić information content (AvgIpc) is 3.02. The van der Waals surface area contributed by atoms with Gasteiger partial charge in [0.1, 0.15) is 11.6 Å². The van der Waals surface area contributed by atoms with Gasteiger partial charge in [0.15, 0.2) is 5.82 Å². The maximum Gasteiger partial charge on any atom is 0.239 e. The lowest BCUT2D eigenvalue weighted by Gasteiger charge is -2.19. The number of hydrogen-bond acceptors (Lipinski definition) is 4. The molecule has 0 radical (unpaired) electrons. The largest absolute Gasteiger partial charge is 0.360 e. The smallest absolute Gasteiger partial charge is 0.239 e. The Hall–Kier alpha value is -2.99. The molecule has 1 heterocycles. The van der Waals surface area contributed by atoms with Crippen LogP contribution in [0.5, 0.6) is 0 Å². The lowest BCUT2D eigenvalue weighted by atomic mass is 9.98. The molecule has 3 aromatic rings. The van der Waals surface area contributed by atoms with Crippen molar-refractivity contribution in [3.8, 4) is 0 Å². The highest BCUT2D eigenvalue weighted by Crippen LogP contribution is 2.22. The third-order valence-electron chi connectivity index (χ3n) is 3.70. The van der Waals surface area contributed by atoms with Crippen LogP contribution in [0.25, 0.3) is 0 Å². The zero-order chi connectivity index (χ0) is 17.6. The molecule has 0 fully saturated rings. The fraction of sp³-hybridized carbons (Fsp3) is 0.158. The normalized spacial score (nSPS) is 11.9. The van der Waals surface area contributed by atoms with Crippen LogP contribution in [0.4, 0.5) is 10.2 Å². The average molecular weight is 339 g/mol. The maximum atomic E-state index is 13.2. The highest BCUT2D eigenvalue weighted by atomic mass is 19.1. The van der Waals surface area contributed by atoms with Crippen LogP contribution in [0.2, 0.25) is 0 Å². The van der Waals surface area contributed by atoms with Gasteiger partial charge >= 0.3 is 0 Å². The Kier molecular flexibility index (Phi) is 5.20. The number of carbonyl (C=O) groups excluding carboxylic acids is 1. The molecule has 0 aliphatic heterocycles. The van der Waals surface area contributed by atoms with Gasteiger partial charge < -0.3 is 9.84 Å². The topological polar surface area (TPSA) is 67.2 Å². The van der Waals surface area contributed by atoms with Crippen molar-refractivity contribution >= 4 is 11.7 Å². The van der Waals surface area contributed by atoms with E-state index in [-0.39, 0.29) is 24.3 Å². The molecule has 0 aliphatic rings. The van der Waals surface area contributed by atoms with E-state index < -0.39 is 0 Å². The number of aryl methyl sites for hydroxylation is 1. The van der Waals surface area contributed by atoms with Gasteiger partial charge in [-0.25, -0.2) is 4.39 Å². The second kappa shape index (κ2) is 7.72. The first-order valence-electron chi connectivity index (χ1n) is 7.89. The number of amides is 1. The van der Waals surface area contributed by atoms with E-state index in [9.17, 15) is 9.18 Å². The van der Waals surface area contributed by atoms with E-state index in [4.69, 9.17) is 4.52 Å². The lowest BCUT2D eigenvalue weighted by molar-refractivity contribution is -0.115. The summed E-state index contributed by atoms with van der Waals surface area (Å²) < 4.78 is 18.1. The van der Waals surface area contributed by atoms with Gasteiger partial charge in [-0.15, -0.1) is 0 Å². The number of halogens is 1. The van der Waals surface area contributed by atoms with E-state index in [0.29, 0.717) is 11.6 Å². The summed E-state index contributed by atoms with van der Waals surface area (Å²) >= 11 is 0. The van der Waals surface area contributed by atoms with Gasteiger partial charge in [-0.1, -0.05) is 47.6 Å². The fourth-order valence-corrected chi connectivity index (χ4v) is 2.54. The zero-order valence-corrected chi connectivity index (χ0v) is 13.7. The van der Waals surface area contributed by atoms with Crippen molar-refractivity contribution in [2.45, 2.75) is 13.0 Å². The summed E-state index contributed by atoms with van der Waals surface area (Å²) in [6.07, 6.45) is 0. The van der Waals surface area contributed by atoms with Crippen LogP contribution in [-0.4, -0.2) is 17.6 Å². The summed E-state index contributed by atoms with van der Waals surface area (Å²) in [5, 5.41) is 9.60. The Morgan fingerprint density at radius 3 is 2.44 bits per heavy atom. The van der Waals surface area contributed by atoms with Crippen LogP contribution in [0, 0.1) is 12.7 Å². The molecule has 0 saturated carbocycles. The van der Waals surface area contributed by atoms with Crippen molar-refractivity contribution < 1.29 is 13.7 Å². The van der Waals surface area contributed by atoms with Crippen LogP contribution in [0.1, 0.15) is 22.9 Å². The first-order chi connectivity index (χ1) is 12.1. The molecular formula is C19H18FN3O2. The number of nitrogens with zero attached hydrogens (tertiary/aromatic N) is 1. The number of rotatable bonds is 6. The molecule has 6 heteroatoms. The molecular weight excluding hydrogens is 321 g/mol. The molecule has 3 rings (SSSR count). The minimum Gasteiger partial charge on any atom is -0.360 e. The molecule has 0 spiro atoms. The van der Waals surface area contributed by atoms with Crippen molar-refractivity contribution in [1.29, 1.82) is 0 Å². The van der Waals surface area contributed by atoms with Gasteiger partial charge in [-0.3, -0.25) is 10.1 Å². The van der Waals surface area contributed by atoms with Crippen LogP contribution in [0.3, 0.4) is 0 Å². The predicted octanol–water partition coefficient (Wildman–Crippen LogP) is 3.44. The van der Waals surface area contributed by atoms with Crippen LogP contribution >= 0.6 is 0 Å². The van der Waals surface area contributed by atoms with Gasteiger partial charge in [0.2, 0.25) is 5.91 Å². The molecule has 0 aliphatic carbocycles. The van der Waals surface area contributed by atoms with Crippen molar-refractivity contribution in [3.05, 3.63) is 83.4 Å². The van der Waals surface area contributed by atoms with Gasteiger partial charge in [0.05, 0.1) is 12.6 Å². The fourth-order valence-electron chi connectivity index (χ4n) is 2.54. The van der Waals surface area contributed by atoms with Crippen molar-refractivity contribution in [2.75, 3.05) is 11.9 Å². The molecule has 1 amide bonds. The van der Waals surface area contributed by atoms with E-state index in [1.807, 2.05) is 30.3 Å². The van der Waals surface area contributed by atoms with Crippen LogP contribution in [-0.2, 0) is 4.79 Å². The van der Waals surface area contributed by atoms with E-state index >= 15 is 0 Å². The molecule has 2 aromatic carbocycles. The first-order valence-corrected chi connectivity index (χ1v) is 7.89. The molecule has 25 heavy (non-hydrogen) atoms. The van der Waals surface area contributed by atoms with Gasteiger partial charge in [-0.2, -0.15) is 0 Å². The zero-order valence-electron chi connectivity index (χ0n) is 13.7. The number of aromatic nitrogens is 1. The predicted molar refractivity (Wildman–Crippen MR) is 92.6 cm³/mol.